The average molecular weight is 276 g/mol. The molecule has 0 radical (unpaired) electrons. The molecular formula is C9H12N2O4S2. The van der Waals surface area contributed by atoms with Gasteiger partial charge in [-0.15, -0.1) is 11.8 Å². The maximum Gasteiger partial charge on any atom is 0.290 e. The van der Waals surface area contributed by atoms with Crippen molar-refractivity contribution in [3.63, 3.8) is 0 Å². The topological polar surface area (TPSA) is 90.2 Å². The van der Waals surface area contributed by atoms with Crippen molar-refractivity contribution < 1.29 is 13.3 Å². The Morgan fingerprint density at radius 2 is 2.18 bits per heavy atom. The molecule has 1 aromatic heterocycles. The van der Waals surface area contributed by atoms with Gasteiger partial charge >= 0.3 is 0 Å². The normalized spacial score (nSPS) is 11.4. The fraction of sp³-hybridized carbons (Fsp3) is 0.444. The second-order valence-electron chi connectivity index (χ2n) is 3.54. The van der Waals surface area contributed by atoms with Crippen molar-refractivity contribution in [1.29, 1.82) is 0 Å². The molecule has 1 rings (SSSR count). The first-order valence-electron chi connectivity index (χ1n) is 4.71. The summed E-state index contributed by atoms with van der Waals surface area (Å²) in [7, 11) is -2.98. The Balaban J connectivity index is 2.68. The first kappa shape index (κ1) is 13.9. The molecule has 0 unspecified atom stereocenters. The van der Waals surface area contributed by atoms with E-state index in [0.29, 0.717) is 16.3 Å². The maximum atomic E-state index is 10.9. The Morgan fingerprint density at radius 3 is 2.65 bits per heavy atom. The van der Waals surface area contributed by atoms with E-state index in [1.165, 1.54) is 24.2 Å². The molecule has 0 bridgehead atoms. The second kappa shape index (κ2) is 5.46. The van der Waals surface area contributed by atoms with Gasteiger partial charge in [0.1, 0.15) is 16.0 Å². The Labute approximate surface area is 104 Å². The first-order chi connectivity index (χ1) is 7.79. The molecule has 94 valence electrons. The zero-order valence-corrected chi connectivity index (χ0v) is 11.0. The third-order valence-corrected chi connectivity index (χ3v) is 4.09. The number of pyridine rings is 1. The molecule has 0 saturated carbocycles. The van der Waals surface area contributed by atoms with Gasteiger partial charge in [-0.05, 0) is 13.0 Å². The van der Waals surface area contributed by atoms with Crippen molar-refractivity contribution in [2.24, 2.45) is 0 Å². The van der Waals surface area contributed by atoms with E-state index in [1.54, 1.807) is 13.0 Å². The Hall–Kier alpha value is -1.15. The molecule has 0 N–H and O–H groups in total. The number of thioether (sulfide) groups is 1. The molecule has 0 fully saturated rings. The van der Waals surface area contributed by atoms with Crippen LogP contribution in [0.15, 0.2) is 17.3 Å². The van der Waals surface area contributed by atoms with Crippen LogP contribution in [0.25, 0.3) is 0 Å². The quantitative estimate of drug-likeness (QED) is 0.459. The van der Waals surface area contributed by atoms with Crippen LogP contribution in [0.4, 0.5) is 5.69 Å². The standard InChI is InChI=1S/C9H12N2O4S2/c1-7-5-9(10-6-8(7)11(12)13)16-3-4-17(2,14)15/h5-6H,3-4H2,1-2H3. The first-order valence-corrected chi connectivity index (χ1v) is 7.76. The average Bonchev–Trinajstić information content (AvgIpc) is 2.15. The summed E-state index contributed by atoms with van der Waals surface area (Å²) >= 11 is 1.27. The van der Waals surface area contributed by atoms with Gasteiger partial charge < -0.3 is 0 Å². The molecule has 17 heavy (non-hydrogen) atoms. The van der Waals surface area contributed by atoms with E-state index in [0.717, 1.165) is 0 Å². The number of hydrogen-bond acceptors (Lipinski definition) is 6. The van der Waals surface area contributed by atoms with Gasteiger partial charge in [0.15, 0.2) is 0 Å². The fourth-order valence-electron chi connectivity index (χ4n) is 1.09. The summed E-state index contributed by atoms with van der Waals surface area (Å²) in [5.74, 6) is 0.457. The molecule has 0 aromatic carbocycles. The number of nitrogens with zero attached hydrogens (tertiary/aromatic N) is 2. The van der Waals surface area contributed by atoms with Gasteiger partial charge in [-0.1, -0.05) is 0 Å². The van der Waals surface area contributed by atoms with Crippen LogP contribution in [0.3, 0.4) is 0 Å². The Bertz CT molecular complexity index is 528. The lowest BCUT2D eigenvalue weighted by atomic mass is 10.3. The molecule has 1 heterocycles. The van der Waals surface area contributed by atoms with Crippen LogP contribution >= 0.6 is 11.8 Å². The highest BCUT2D eigenvalue weighted by molar-refractivity contribution is 8.00. The fourth-order valence-corrected chi connectivity index (χ4v) is 3.23. The predicted octanol–water partition coefficient (Wildman–Crippen LogP) is 1.43. The van der Waals surface area contributed by atoms with Crippen LogP contribution in [0, 0.1) is 17.0 Å². The molecule has 0 aliphatic carbocycles. The monoisotopic (exact) mass is 276 g/mol. The van der Waals surface area contributed by atoms with Crippen molar-refractivity contribution in [2.75, 3.05) is 17.8 Å². The van der Waals surface area contributed by atoms with E-state index in [1.807, 2.05) is 0 Å². The molecular weight excluding hydrogens is 264 g/mol. The Kier molecular flexibility index (Phi) is 4.47. The van der Waals surface area contributed by atoms with Gasteiger partial charge in [0, 0.05) is 17.6 Å². The molecule has 0 atom stereocenters. The van der Waals surface area contributed by atoms with Gasteiger partial charge in [0.25, 0.3) is 5.69 Å². The number of sulfone groups is 1. The van der Waals surface area contributed by atoms with Crippen molar-refractivity contribution >= 4 is 27.3 Å². The Morgan fingerprint density at radius 1 is 1.53 bits per heavy atom. The van der Waals surface area contributed by atoms with Crippen LogP contribution in [-0.2, 0) is 9.84 Å². The van der Waals surface area contributed by atoms with Crippen molar-refractivity contribution in [2.45, 2.75) is 11.9 Å². The number of rotatable bonds is 5. The molecule has 0 aliphatic rings. The van der Waals surface area contributed by atoms with Crippen LogP contribution in [-0.4, -0.2) is 36.1 Å². The highest BCUT2D eigenvalue weighted by Gasteiger charge is 2.12. The summed E-state index contributed by atoms with van der Waals surface area (Å²) in [6, 6.07) is 1.59. The lowest BCUT2D eigenvalue weighted by Crippen LogP contribution is -2.05. The molecule has 1 aromatic rings. The summed E-state index contributed by atoms with van der Waals surface area (Å²) in [5.41, 5.74) is 0.490. The van der Waals surface area contributed by atoms with Crippen molar-refractivity contribution in [3.8, 4) is 0 Å². The lowest BCUT2D eigenvalue weighted by Gasteiger charge is -2.01. The minimum atomic E-state index is -2.98. The van der Waals surface area contributed by atoms with Crippen molar-refractivity contribution in [3.05, 3.63) is 27.9 Å². The SMILES string of the molecule is Cc1cc(SCCS(C)(=O)=O)ncc1[N+](=O)[O-]. The smallest absolute Gasteiger partial charge is 0.258 e. The number of aryl methyl sites for hydroxylation is 1. The van der Waals surface area contributed by atoms with Gasteiger partial charge in [0.2, 0.25) is 0 Å². The van der Waals surface area contributed by atoms with E-state index >= 15 is 0 Å². The molecule has 6 nitrogen and oxygen atoms in total. The number of aromatic nitrogens is 1. The molecule has 0 aliphatic heterocycles. The summed E-state index contributed by atoms with van der Waals surface area (Å²) in [6.45, 7) is 1.63. The zero-order valence-electron chi connectivity index (χ0n) is 9.41. The van der Waals surface area contributed by atoms with E-state index in [2.05, 4.69) is 4.98 Å². The summed E-state index contributed by atoms with van der Waals surface area (Å²) in [4.78, 5) is 14.0. The molecule has 0 saturated heterocycles. The number of nitro groups is 1. The highest BCUT2D eigenvalue weighted by Crippen LogP contribution is 2.22. The number of hydrogen-bond donors (Lipinski definition) is 0. The summed E-state index contributed by atoms with van der Waals surface area (Å²) in [5, 5.41) is 11.2. The minimum Gasteiger partial charge on any atom is -0.258 e. The molecule has 0 spiro atoms. The third kappa shape index (κ3) is 4.70. The zero-order chi connectivity index (χ0) is 13.1. The van der Waals surface area contributed by atoms with E-state index < -0.39 is 14.8 Å². The molecule has 0 amide bonds. The molecule has 8 heteroatoms. The van der Waals surface area contributed by atoms with Crippen LogP contribution in [0.5, 0.6) is 0 Å². The second-order valence-corrected chi connectivity index (χ2v) is 6.92. The van der Waals surface area contributed by atoms with Gasteiger partial charge in [-0.25, -0.2) is 13.4 Å². The maximum absolute atomic E-state index is 10.9. The van der Waals surface area contributed by atoms with Gasteiger partial charge in [-0.2, -0.15) is 0 Å². The summed E-state index contributed by atoms with van der Waals surface area (Å²) < 4.78 is 21.8. The van der Waals surface area contributed by atoms with Gasteiger partial charge in [-0.3, -0.25) is 10.1 Å². The highest BCUT2D eigenvalue weighted by atomic mass is 32.2. The van der Waals surface area contributed by atoms with E-state index in [9.17, 15) is 18.5 Å². The van der Waals surface area contributed by atoms with Gasteiger partial charge in [0.05, 0.1) is 15.7 Å². The predicted molar refractivity (Wildman–Crippen MR) is 66.1 cm³/mol. The van der Waals surface area contributed by atoms with Crippen LogP contribution in [0.2, 0.25) is 0 Å². The van der Waals surface area contributed by atoms with E-state index in [-0.39, 0.29) is 11.4 Å². The van der Waals surface area contributed by atoms with E-state index in [4.69, 9.17) is 0 Å². The van der Waals surface area contributed by atoms with Crippen LogP contribution < -0.4 is 0 Å². The van der Waals surface area contributed by atoms with Crippen molar-refractivity contribution in [1.82, 2.24) is 4.98 Å². The summed E-state index contributed by atoms with van der Waals surface area (Å²) in [6.07, 6.45) is 2.36. The largest absolute Gasteiger partial charge is 0.290 e. The lowest BCUT2D eigenvalue weighted by molar-refractivity contribution is -0.385. The van der Waals surface area contributed by atoms with Crippen LogP contribution in [0.1, 0.15) is 5.56 Å². The third-order valence-electron chi connectivity index (χ3n) is 1.96. The minimum absolute atomic E-state index is 0.0301.